The molecular weight excluding hydrogens is 202 g/mol. The lowest BCUT2D eigenvalue weighted by atomic mass is 9.99. The topological polar surface area (TPSA) is 38.3 Å². The van der Waals surface area contributed by atoms with Gasteiger partial charge in [-0.25, -0.2) is 0 Å². The number of carbonyl (C=O) groups excluding carboxylic acids is 1. The minimum atomic E-state index is -0.0962. The molecule has 1 rings (SSSR count). The fourth-order valence-corrected chi connectivity index (χ4v) is 2.57. The zero-order chi connectivity index (χ0) is 12.0. The molecule has 3 heteroatoms. The van der Waals surface area contributed by atoms with Crippen molar-refractivity contribution in [3.05, 3.63) is 0 Å². The van der Waals surface area contributed by atoms with Crippen molar-refractivity contribution in [3.63, 3.8) is 0 Å². The first-order chi connectivity index (χ1) is 7.63. The van der Waals surface area contributed by atoms with Crippen LogP contribution in [0.25, 0.3) is 0 Å². The maximum atomic E-state index is 11.3. The molecule has 0 spiro atoms. The van der Waals surface area contributed by atoms with Crippen LogP contribution >= 0.6 is 0 Å². The van der Waals surface area contributed by atoms with Crippen LogP contribution in [0.2, 0.25) is 0 Å². The van der Waals surface area contributed by atoms with E-state index < -0.39 is 0 Å². The van der Waals surface area contributed by atoms with E-state index in [4.69, 9.17) is 4.74 Å². The number of hydrogen-bond donors (Lipinski definition) is 1. The molecule has 0 radical (unpaired) electrons. The van der Waals surface area contributed by atoms with Crippen molar-refractivity contribution in [3.8, 4) is 0 Å². The summed E-state index contributed by atoms with van der Waals surface area (Å²) in [5.74, 6) is 0.700. The van der Waals surface area contributed by atoms with Gasteiger partial charge in [-0.1, -0.05) is 12.8 Å². The molecule has 2 atom stereocenters. The van der Waals surface area contributed by atoms with Crippen LogP contribution < -0.4 is 5.32 Å². The third-order valence-corrected chi connectivity index (χ3v) is 3.43. The van der Waals surface area contributed by atoms with Crippen molar-refractivity contribution in [2.24, 2.45) is 5.92 Å². The van der Waals surface area contributed by atoms with E-state index >= 15 is 0 Å². The van der Waals surface area contributed by atoms with Crippen LogP contribution in [-0.2, 0) is 9.53 Å². The van der Waals surface area contributed by atoms with Gasteiger partial charge in [-0.05, 0) is 39.5 Å². The quantitative estimate of drug-likeness (QED) is 0.708. The minimum Gasteiger partial charge on any atom is -0.466 e. The molecule has 16 heavy (non-hydrogen) atoms. The van der Waals surface area contributed by atoms with Crippen molar-refractivity contribution in [2.45, 2.75) is 65.0 Å². The highest BCUT2D eigenvalue weighted by atomic mass is 16.5. The number of ether oxygens (including phenoxy) is 1. The maximum Gasteiger partial charge on any atom is 0.307 e. The number of nitrogens with one attached hydrogen (secondary N) is 1. The van der Waals surface area contributed by atoms with E-state index in [2.05, 4.69) is 19.2 Å². The van der Waals surface area contributed by atoms with Crippen molar-refractivity contribution >= 4 is 5.97 Å². The highest BCUT2D eigenvalue weighted by Gasteiger charge is 2.23. The van der Waals surface area contributed by atoms with Gasteiger partial charge in [0.2, 0.25) is 0 Å². The van der Waals surface area contributed by atoms with Crippen molar-refractivity contribution in [2.75, 3.05) is 6.61 Å². The summed E-state index contributed by atoms with van der Waals surface area (Å²) in [5.41, 5.74) is 0. The lowest BCUT2D eigenvalue weighted by Gasteiger charge is -2.24. The molecule has 1 aliphatic carbocycles. The van der Waals surface area contributed by atoms with Gasteiger partial charge in [0.25, 0.3) is 0 Å². The molecule has 0 heterocycles. The zero-order valence-electron chi connectivity index (χ0n) is 10.8. The Morgan fingerprint density at radius 2 is 2.00 bits per heavy atom. The fraction of sp³-hybridized carbons (Fsp3) is 0.923. The molecule has 0 saturated heterocycles. The van der Waals surface area contributed by atoms with Gasteiger partial charge in [-0.2, -0.15) is 0 Å². The molecule has 1 saturated carbocycles. The van der Waals surface area contributed by atoms with Crippen LogP contribution in [0.3, 0.4) is 0 Å². The average Bonchev–Trinajstić information content (AvgIpc) is 2.69. The Labute approximate surface area is 98.9 Å². The summed E-state index contributed by atoms with van der Waals surface area (Å²) < 4.78 is 4.94. The fourth-order valence-electron chi connectivity index (χ4n) is 2.57. The van der Waals surface area contributed by atoms with Gasteiger partial charge in [-0.15, -0.1) is 0 Å². The van der Waals surface area contributed by atoms with Gasteiger partial charge in [0.15, 0.2) is 0 Å². The SMILES string of the molecule is CCOC(=O)CC(C)N[C@@H](C)C1CCCC1. The summed E-state index contributed by atoms with van der Waals surface area (Å²) >= 11 is 0. The van der Waals surface area contributed by atoms with Crippen molar-refractivity contribution in [1.82, 2.24) is 5.32 Å². The Morgan fingerprint density at radius 1 is 1.38 bits per heavy atom. The van der Waals surface area contributed by atoms with E-state index in [-0.39, 0.29) is 12.0 Å². The summed E-state index contributed by atoms with van der Waals surface area (Å²) in [6, 6.07) is 0.738. The lowest BCUT2D eigenvalue weighted by molar-refractivity contribution is -0.143. The molecular formula is C13H25NO2. The maximum absolute atomic E-state index is 11.3. The normalized spacial score (nSPS) is 20.7. The van der Waals surface area contributed by atoms with Crippen LogP contribution in [0.4, 0.5) is 0 Å². The van der Waals surface area contributed by atoms with Crippen molar-refractivity contribution in [1.29, 1.82) is 0 Å². The third-order valence-electron chi connectivity index (χ3n) is 3.43. The molecule has 0 aromatic carbocycles. The average molecular weight is 227 g/mol. The van der Waals surface area contributed by atoms with Gasteiger partial charge in [0, 0.05) is 12.1 Å². The molecule has 0 aromatic rings. The Morgan fingerprint density at radius 3 is 2.56 bits per heavy atom. The Hall–Kier alpha value is -0.570. The number of hydrogen-bond acceptors (Lipinski definition) is 3. The van der Waals surface area contributed by atoms with Gasteiger partial charge < -0.3 is 10.1 Å². The number of rotatable bonds is 6. The predicted octanol–water partition coefficient (Wildman–Crippen LogP) is 2.50. The number of carbonyl (C=O) groups is 1. The van der Waals surface area contributed by atoms with E-state index in [0.29, 0.717) is 19.1 Å². The van der Waals surface area contributed by atoms with Crippen LogP contribution in [-0.4, -0.2) is 24.7 Å². The highest BCUT2D eigenvalue weighted by molar-refractivity contribution is 5.70. The van der Waals surface area contributed by atoms with E-state index in [9.17, 15) is 4.79 Å². The van der Waals surface area contributed by atoms with Gasteiger partial charge >= 0.3 is 5.97 Å². The second kappa shape index (κ2) is 6.89. The summed E-state index contributed by atoms with van der Waals surface area (Å²) in [7, 11) is 0. The van der Waals surface area contributed by atoms with Crippen molar-refractivity contribution < 1.29 is 9.53 Å². The molecule has 0 aromatic heterocycles. The monoisotopic (exact) mass is 227 g/mol. The van der Waals surface area contributed by atoms with Crippen LogP contribution in [0, 0.1) is 5.92 Å². The van der Waals surface area contributed by atoms with Gasteiger partial charge in [0.05, 0.1) is 13.0 Å². The zero-order valence-corrected chi connectivity index (χ0v) is 10.8. The van der Waals surface area contributed by atoms with E-state index in [1.807, 2.05) is 6.92 Å². The van der Waals surface area contributed by atoms with Gasteiger partial charge in [0.1, 0.15) is 0 Å². The van der Waals surface area contributed by atoms with E-state index in [0.717, 1.165) is 5.92 Å². The Kier molecular flexibility index (Phi) is 5.81. The lowest BCUT2D eigenvalue weighted by Crippen LogP contribution is -2.40. The van der Waals surface area contributed by atoms with E-state index in [1.165, 1.54) is 25.7 Å². The molecule has 1 aliphatic rings. The Bertz CT molecular complexity index is 212. The first-order valence-corrected chi connectivity index (χ1v) is 6.55. The van der Waals surface area contributed by atoms with Crippen LogP contribution in [0.15, 0.2) is 0 Å². The standard InChI is InChI=1S/C13H25NO2/c1-4-16-13(15)9-10(2)14-11(3)12-7-5-6-8-12/h10-12,14H,4-9H2,1-3H3/t10?,11-/m0/s1. The van der Waals surface area contributed by atoms with Crippen LogP contribution in [0.1, 0.15) is 52.9 Å². The first-order valence-electron chi connectivity index (χ1n) is 6.55. The second-order valence-corrected chi connectivity index (χ2v) is 4.91. The summed E-state index contributed by atoms with van der Waals surface area (Å²) in [6.07, 6.45) is 5.87. The molecule has 1 fully saturated rings. The predicted molar refractivity (Wildman–Crippen MR) is 65.3 cm³/mol. The van der Waals surface area contributed by atoms with Crippen LogP contribution in [0.5, 0.6) is 0 Å². The summed E-state index contributed by atoms with van der Waals surface area (Å²) in [5, 5.41) is 3.51. The molecule has 1 unspecified atom stereocenters. The highest BCUT2D eigenvalue weighted by Crippen LogP contribution is 2.27. The smallest absolute Gasteiger partial charge is 0.307 e. The molecule has 1 N–H and O–H groups in total. The summed E-state index contributed by atoms with van der Waals surface area (Å²) in [4.78, 5) is 11.3. The molecule has 0 aliphatic heterocycles. The van der Waals surface area contributed by atoms with E-state index in [1.54, 1.807) is 0 Å². The summed E-state index contributed by atoms with van der Waals surface area (Å²) in [6.45, 7) is 6.61. The largest absolute Gasteiger partial charge is 0.466 e. The van der Waals surface area contributed by atoms with Gasteiger partial charge in [-0.3, -0.25) is 4.79 Å². The third kappa shape index (κ3) is 4.52. The molecule has 94 valence electrons. The number of esters is 1. The Balaban J connectivity index is 2.21. The molecule has 0 amide bonds. The first kappa shape index (κ1) is 13.5. The minimum absolute atomic E-state index is 0.0962. The molecule has 0 bridgehead atoms. The second-order valence-electron chi connectivity index (χ2n) is 4.91. The molecule has 3 nitrogen and oxygen atoms in total.